The molecule has 0 saturated carbocycles. The van der Waals surface area contributed by atoms with Crippen molar-refractivity contribution >= 4 is 38.4 Å². The Hall–Kier alpha value is -4.79. The predicted molar refractivity (Wildman–Crippen MR) is 167 cm³/mol. The first kappa shape index (κ1) is 29.3. The molecule has 4 aromatic heterocycles. The number of ether oxygens (including phenoxy) is 1. The Morgan fingerprint density at radius 1 is 0.932 bits per heavy atom. The van der Waals surface area contributed by atoms with Crippen molar-refractivity contribution in [3.8, 4) is 28.6 Å². The Balaban J connectivity index is 0.00000343. The third-order valence-electron chi connectivity index (χ3n) is 7.73. The molecule has 0 fully saturated rings. The van der Waals surface area contributed by atoms with Crippen LogP contribution in [0.15, 0.2) is 85.3 Å². The normalized spacial score (nSPS) is 11.5. The minimum Gasteiger partial charge on any atom is -0.501 e. The average Bonchev–Trinajstić information content (AvgIpc) is 3.54. The number of para-hydroxylation sites is 1. The van der Waals surface area contributed by atoms with Crippen LogP contribution in [-0.2, 0) is 33.5 Å². The van der Waals surface area contributed by atoms with E-state index in [9.17, 15) is 0 Å². The molecule has 0 atom stereocenters. The van der Waals surface area contributed by atoms with E-state index in [4.69, 9.17) is 16.3 Å². The van der Waals surface area contributed by atoms with Gasteiger partial charge in [-0.25, -0.2) is 4.98 Å². The summed E-state index contributed by atoms with van der Waals surface area (Å²) >= 11 is 0. The number of fused-ring (bicyclic) bond motifs is 4. The first-order chi connectivity index (χ1) is 20.7. The second kappa shape index (κ2) is 11.0. The molecule has 0 unspecified atom stereocenters. The maximum absolute atomic E-state index is 15.5. The van der Waals surface area contributed by atoms with E-state index < -0.39 is 5.82 Å². The SMILES string of the molecule is [C-]#[N+]c1cc(-c2cc3ccn(C)c3cn2)[c-]c(Oc2[c-]c3c(cc2)c2ccccc2n3-c2cc(C(C)(C)C)ccn2)c1F.[Pt+2]. The summed E-state index contributed by atoms with van der Waals surface area (Å²) in [6, 6.07) is 27.6. The zero-order valence-electron chi connectivity index (χ0n) is 24.4. The molecule has 0 radical (unpaired) electrons. The fourth-order valence-corrected chi connectivity index (χ4v) is 5.42. The Morgan fingerprint density at radius 2 is 1.75 bits per heavy atom. The van der Waals surface area contributed by atoms with E-state index in [0.29, 0.717) is 17.0 Å². The summed E-state index contributed by atoms with van der Waals surface area (Å²) in [6.45, 7) is 14.1. The molecule has 0 N–H and O–H groups in total. The Labute approximate surface area is 268 Å². The van der Waals surface area contributed by atoms with Crippen LogP contribution in [0.25, 0.3) is 54.6 Å². The maximum atomic E-state index is 15.5. The molecule has 0 bridgehead atoms. The number of pyridine rings is 2. The molecule has 6 nitrogen and oxygen atoms in total. The molecule has 0 saturated heterocycles. The molecular formula is C36H26FN5OPt. The number of nitrogens with zero attached hydrogens (tertiary/aromatic N) is 5. The Bertz CT molecular complexity index is 2250. The fraction of sp³-hybridized carbons (Fsp3) is 0.139. The zero-order chi connectivity index (χ0) is 29.9. The van der Waals surface area contributed by atoms with Gasteiger partial charge in [-0.1, -0.05) is 56.6 Å². The minimum absolute atomic E-state index is 0. The summed E-state index contributed by atoms with van der Waals surface area (Å²) in [5.41, 5.74) is 4.64. The van der Waals surface area contributed by atoms with Gasteiger partial charge in [-0.15, -0.1) is 29.1 Å². The summed E-state index contributed by atoms with van der Waals surface area (Å²) in [6.07, 6.45) is 5.52. The average molecular weight is 759 g/mol. The molecular weight excluding hydrogens is 733 g/mol. The van der Waals surface area contributed by atoms with Crippen LogP contribution in [0.3, 0.4) is 0 Å². The van der Waals surface area contributed by atoms with Gasteiger partial charge in [0.05, 0.1) is 23.7 Å². The molecule has 0 aliphatic heterocycles. The van der Waals surface area contributed by atoms with Gasteiger partial charge in [0.2, 0.25) is 0 Å². The number of aryl methyl sites for hydroxylation is 1. The number of hydrogen-bond donors (Lipinski definition) is 0. The standard InChI is InChI=1S/C36H26FN5O.Pt/c1-36(2,3)24-12-14-39-34(19-24)42-30-9-7-6-8-26(30)27-11-10-25(20-31(27)42)43-33-18-23(17-29(38-4)35(33)37)28-16-22-13-15-41(5)32(22)21-40-28;/h6-17,19,21H,1-3,5H3;/q-2;+2. The van der Waals surface area contributed by atoms with Crippen LogP contribution in [0, 0.1) is 24.5 Å². The quantitative estimate of drug-likeness (QED) is 0.168. The maximum Gasteiger partial charge on any atom is 2.00 e. The number of rotatable bonds is 4. The zero-order valence-corrected chi connectivity index (χ0v) is 26.7. The van der Waals surface area contributed by atoms with Gasteiger partial charge in [0.25, 0.3) is 0 Å². The number of benzene rings is 3. The molecule has 3 aromatic carbocycles. The first-order valence-electron chi connectivity index (χ1n) is 13.9. The van der Waals surface area contributed by atoms with Gasteiger partial charge >= 0.3 is 21.1 Å². The van der Waals surface area contributed by atoms with Crippen molar-refractivity contribution in [2.45, 2.75) is 26.2 Å². The number of aromatic nitrogens is 4. The van der Waals surface area contributed by atoms with E-state index in [0.717, 1.165) is 44.1 Å². The van der Waals surface area contributed by atoms with Gasteiger partial charge in [-0.05, 0) is 51.7 Å². The van der Waals surface area contributed by atoms with E-state index in [1.165, 1.54) is 6.07 Å². The molecule has 218 valence electrons. The summed E-state index contributed by atoms with van der Waals surface area (Å²) < 4.78 is 25.6. The van der Waals surface area contributed by atoms with E-state index in [1.54, 1.807) is 12.3 Å². The smallest absolute Gasteiger partial charge is 0.501 e. The molecule has 0 spiro atoms. The number of halogens is 1. The molecule has 7 aromatic rings. The summed E-state index contributed by atoms with van der Waals surface area (Å²) in [5.74, 6) is 0.0698. The van der Waals surface area contributed by atoms with Gasteiger partial charge in [0, 0.05) is 36.9 Å². The molecule has 7 rings (SSSR count). The van der Waals surface area contributed by atoms with Gasteiger partial charge in [0.1, 0.15) is 11.5 Å². The van der Waals surface area contributed by atoms with Gasteiger partial charge in [0.15, 0.2) is 0 Å². The molecule has 0 aliphatic rings. The first-order valence-corrected chi connectivity index (χ1v) is 13.9. The van der Waals surface area contributed by atoms with Crippen LogP contribution < -0.4 is 4.74 Å². The van der Waals surface area contributed by atoms with Crippen molar-refractivity contribution in [1.29, 1.82) is 0 Å². The molecule has 0 aliphatic carbocycles. The van der Waals surface area contributed by atoms with Crippen molar-refractivity contribution < 1.29 is 30.2 Å². The summed E-state index contributed by atoms with van der Waals surface area (Å²) in [7, 11) is 1.95. The van der Waals surface area contributed by atoms with E-state index in [2.05, 4.69) is 54.9 Å². The molecule has 4 heterocycles. The molecule has 44 heavy (non-hydrogen) atoms. The second-order valence-electron chi connectivity index (χ2n) is 11.6. The van der Waals surface area contributed by atoms with Crippen LogP contribution in [0.4, 0.5) is 10.1 Å². The number of hydrogen-bond acceptors (Lipinski definition) is 3. The topological polar surface area (TPSA) is 49.2 Å². The third-order valence-corrected chi connectivity index (χ3v) is 7.73. The summed E-state index contributed by atoms with van der Waals surface area (Å²) in [4.78, 5) is 12.7. The van der Waals surface area contributed by atoms with Crippen LogP contribution in [0.1, 0.15) is 26.3 Å². The second-order valence-corrected chi connectivity index (χ2v) is 11.6. The van der Waals surface area contributed by atoms with Crippen LogP contribution in [0.2, 0.25) is 0 Å². The third kappa shape index (κ3) is 4.96. The van der Waals surface area contributed by atoms with Crippen LogP contribution in [0.5, 0.6) is 11.5 Å². The van der Waals surface area contributed by atoms with E-state index >= 15 is 4.39 Å². The van der Waals surface area contributed by atoms with Gasteiger partial charge in [-0.2, -0.15) is 6.07 Å². The van der Waals surface area contributed by atoms with Crippen LogP contribution >= 0.6 is 0 Å². The minimum atomic E-state index is -0.784. The predicted octanol–water partition coefficient (Wildman–Crippen LogP) is 9.11. The van der Waals surface area contributed by atoms with Gasteiger partial charge in [-0.3, -0.25) is 9.24 Å². The van der Waals surface area contributed by atoms with Crippen molar-refractivity contribution in [2.75, 3.05) is 0 Å². The Kier molecular flexibility index (Phi) is 7.35. The summed E-state index contributed by atoms with van der Waals surface area (Å²) in [5, 5.41) is 2.99. The largest absolute Gasteiger partial charge is 2.00 e. The van der Waals surface area contributed by atoms with E-state index in [1.807, 2.05) is 71.0 Å². The van der Waals surface area contributed by atoms with Crippen molar-refractivity contribution in [1.82, 2.24) is 19.1 Å². The monoisotopic (exact) mass is 758 g/mol. The Morgan fingerprint density at radius 3 is 2.55 bits per heavy atom. The van der Waals surface area contributed by atoms with Crippen molar-refractivity contribution in [2.24, 2.45) is 7.05 Å². The van der Waals surface area contributed by atoms with Crippen molar-refractivity contribution in [3.05, 3.63) is 120 Å². The molecule has 0 amide bonds. The molecule has 8 heteroatoms. The van der Waals surface area contributed by atoms with Crippen LogP contribution in [-0.4, -0.2) is 19.1 Å². The van der Waals surface area contributed by atoms with Gasteiger partial charge < -0.3 is 18.9 Å². The van der Waals surface area contributed by atoms with E-state index in [-0.39, 0.29) is 37.9 Å². The van der Waals surface area contributed by atoms with Crippen molar-refractivity contribution in [3.63, 3.8) is 0 Å². The fourth-order valence-electron chi connectivity index (χ4n) is 5.42.